The van der Waals surface area contributed by atoms with Crippen molar-refractivity contribution in [2.24, 2.45) is 0 Å². The van der Waals surface area contributed by atoms with Crippen molar-refractivity contribution in [2.45, 2.75) is 32.4 Å². The Labute approximate surface area is 171 Å². The molecule has 0 spiro atoms. The van der Waals surface area contributed by atoms with E-state index in [2.05, 4.69) is 42.6 Å². The van der Waals surface area contributed by atoms with E-state index in [0.717, 1.165) is 34.5 Å². The van der Waals surface area contributed by atoms with Crippen molar-refractivity contribution in [3.63, 3.8) is 0 Å². The molecule has 0 saturated heterocycles. The lowest BCUT2D eigenvalue weighted by Crippen LogP contribution is -2.28. The van der Waals surface area contributed by atoms with Gasteiger partial charge in [0.1, 0.15) is 0 Å². The Hall–Kier alpha value is -3.02. The number of hydrogen-bond donors (Lipinski definition) is 3. The molecule has 1 heterocycles. The second-order valence-corrected chi connectivity index (χ2v) is 7.00. The molecule has 0 bridgehead atoms. The molecule has 2 aromatic carbocycles. The number of carbonyl (C=O) groups is 1. The zero-order valence-electron chi connectivity index (χ0n) is 16.5. The summed E-state index contributed by atoms with van der Waals surface area (Å²) < 4.78 is 0. The van der Waals surface area contributed by atoms with Gasteiger partial charge in [-0.05, 0) is 23.6 Å². The van der Waals surface area contributed by atoms with Crippen LogP contribution in [-0.4, -0.2) is 33.8 Å². The maximum absolute atomic E-state index is 10.7. The summed E-state index contributed by atoms with van der Waals surface area (Å²) >= 11 is 0. The molecule has 0 aliphatic carbocycles. The lowest BCUT2D eigenvalue weighted by atomic mass is 9.97. The van der Waals surface area contributed by atoms with Gasteiger partial charge in [0, 0.05) is 24.2 Å². The number of aliphatic hydroxyl groups is 1. The van der Waals surface area contributed by atoms with Crippen LogP contribution in [0.3, 0.4) is 0 Å². The number of nitrogens with one attached hydrogen (secondary N) is 1. The minimum atomic E-state index is -1.01. The highest BCUT2D eigenvalue weighted by molar-refractivity contribution is 5.80. The Morgan fingerprint density at radius 2 is 1.72 bits per heavy atom. The molecule has 0 aliphatic rings. The van der Waals surface area contributed by atoms with Crippen LogP contribution in [0.2, 0.25) is 0 Å². The normalized spacial score (nSPS) is 11.9. The molecule has 29 heavy (non-hydrogen) atoms. The van der Waals surface area contributed by atoms with Crippen molar-refractivity contribution in [1.29, 1.82) is 0 Å². The fourth-order valence-corrected chi connectivity index (χ4v) is 3.21. The van der Waals surface area contributed by atoms with Crippen LogP contribution in [0.1, 0.15) is 24.6 Å². The lowest BCUT2D eigenvalue weighted by Gasteiger charge is -2.13. The second-order valence-electron chi connectivity index (χ2n) is 7.00. The van der Waals surface area contributed by atoms with Crippen LogP contribution in [0.4, 0.5) is 0 Å². The molecule has 3 aromatic rings. The Bertz CT molecular complexity index is 940. The van der Waals surface area contributed by atoms with Crippen molar-refractivity contribution in [1.82, 2.24) is 10.3 Å². The third-order valence-electron chi connectivity index (χ3n) is 4.77. The van der Waals surface area contributed by atoms with Crippen molar-refractivity contribution < 1.29 is 15.0 Å². The molecule has 0 amide bonds. The van der Waals surface area contributed by atoms with E-state index in [0.29, 0.717) is 6.54 Å². The topological polar surface area (TPSA) is 82.5 Å². The van der Waals surface area contributed by atoms with Gasteiger partial charge in [0.25, 0.3) is 0 Å². The molecule has 3 rings (SSSR count). The van der Waals surface area contributed by atoms with Gasteiger partial charge in [-0.1, -0.05) is 67.6 Å². The average Bonchev–Trinajstić information content (AvgIpc) is 2.74. The number of pyridine rings is 1. The Kier molecular flexibility index (Phi) is 7.11. The van der Waals surface area contributed by atoms with Crippen LogP contribution in [-0.2, 0) is 17.8 Å². The van der Waals surface area contributed by atoms with Gasteiger partial charge in [0.15, 0.2) is 0 Å². The monoisotopic (exact) mass is 390 g/mol. The zero-order chi connectivity index (χ0) is 20.6. The SMILES string of the molecule is CCc1ccc(-c2ccc(CNCC(O)CC(=O)O)nc2-c2ccccc2)cc1. The summed E-state index contributed by atoms with van der Waals surface area (Å²) in [5.74, 6) is -1.01. The summed E-state index contributed by atoms with van der Waals surface area (Å²) in [6.45, 7) is 2.79. The number of aliphatic carboxylic acids is 1. The first-order chi connectivity index (χ1) is 14.1. The van der Waals surface area contributed by atoms with Crippen LogP contribution >= 0.6 is 0 Å². The van der Waals surface area contributed by atoms with Gasteiger partial charge < -0.3 is 15.5 Å². The molecule has 0 radical (unpaired) electrons. The molecule has 0 fully saturated rings. The maximum atomic E-state index is 10.7. The summed E-state index contributed by atoms with van der Waals surface area (Å²) in [6, 6.07) is 22.6. The van der Waals surface area contributed by atoms with Crippen LogP contribution in [0.5, 0.6) is 0 Å². The van der Waals surface area contributed by atoms with Crippen molar-refractivity contribution >= 4 is 5.97 Å². The first-order valence-corrected chi connectivity index (χ1v) is 9.82. The number of aliphatic hydroxyl groups excluding tert-OH is 1. The first-order valence-electron chi connectivity index (χ1n) is 9.82. The van der Waals surface area contributed by atoms with Crippen LogP contribution < -0.4 is 5.32 Å². The van der Waals surface area contributed by atoms with Crippen molar-refractivity contribution in [3.8, 4) is 22.4 Å². The molecule has 150 valence electrons. The number of carboxylic acids is 1. The molecule has 3 N–H and O–H groups in total. The molecular weight excluding hydrogens is 364 g/mol. The van der Waals surface area contributed by atoms with E-state index in [-0.39, 0.29) is 13.0 Å². The zero-order valence-corrected chi connectivity index (χ0v) is 16.5. The van der Waals surface area contributed by atoms with Gasteiger partial charge >= 0.3 is 5.97 Å². The lowest BCUT2D eigenvalue weighted by molar-refractivity contribution is -0.139. The summed E-state index contributed by atoms with van der Waals surface area (Å²) in [7, 11) is 0. The fraction of sp³-hybridized carbons (Fsp3) is 0.250. The molecule has 0 aliphatic heterocycles. The first kappa shape index (κ1) is 20.7. The highest BCUT2D eigenvalue weighted by Gasteiger charge is 2.12. The third kappa shape index (κ3) is 5.73. The summed E-state index contributed by atoms with van der Waals surface area (Å²) in [4.78, 5) is 15.5. The summed E-state index contributed by atoms with van der Waals surface area (Å²) in [6.07, 6.45) is -0.192. The van der Waals surface area contributed by atoms with Gasteiger partial charge in [0.2, 0.25) is 0 Å². The molecular formula is C24H26N2O3. The second kappa shape index (κ2) is 9.96. The number of hydrogen-bond acceptors (Lipinski definition) is 4. The van der Waals surface area contributed by atoms with Crippen molar-refractivity contribution in [3.05, 3.63) is 78.0 Å². The van der Waals surface area contributed by atoms with Gasteiger partial charge in [-0.3, -0.25) is 9.78 Å². The standard InChI is InChI=1S/C24H26N2O3/c1-2-17-8-10-18(11-9-17)22-13-12-20(15-25-16-21(27)14-23(28)29)26-24(22)19-6-4-3-5-7-19/h3-13,21,25,27H,2,14-16H2,1H3,(H,28,29). The van der Waals surface area contributed by atoms with E-state index >= 15 is 0 Å². The van der Waals surface area contributed by atoms with Crippen LogP contribution in [0.25, 0.3) is 22.4 Å². The Balaban J connectivity index is 1.84. The van der Waals surface area contributed by atoms with Crippen molar-refractivity contribution in [2.75, 3.05) is 6.54 Å². The summed E-state index contributed by atoms with van der Waals surface area (Å²) in [5.41, 5.74) is 6.25. The highest BCUT2D eigenvalue weighted by Crippen LogP contribution is 2.31. The van der Waals surface area contributed by atoms with E-state index < -0.39 is 12.1 Å². The smallest absolute Gasteiger partial charge is 0.306 e. The largest absolute Gasteiger partial charge is 0.481 e. The molecule has 5 nitrogen and oxygen atoms in total. The minimum absolute atomic E-state index is 0.203. The van der Waals surface area contributed by atoms with Gasteiger partial charge in [0.05, 0.1) is 23.9 Å². The van der Waals surface area contributed by atoms with E-state index in [1.165, 1.54) is 5.56 Å². The van der Waals surface area contributed by atoms with E-state index in [1.54, 1.807) is 0 Å². The van der Waals surface area contributed by atoms with Gasteiger partial charge in [-0.15, -0.1) is 0 Å². The van der Waals surface area contributed by atoms with Gasteiger partial charge in [-0.25, -0.2) is 0 Å². The molecule has 0 saturated carbocycles. The predicted octanol–water partition coefficient (Wildman–Crippen LogP) is 3.90. The minimum Gasteiger partial charge on any atom is -0.481 e. The number of aromatic nitrogens is 1. The number of nitrogens with zero attached hydrogens (tertiary/aromatic N) is 1. The number of aryl methyl sites for hydroxylation is 1. The third-order valence-corrected chi connectivity index (χ3v) is 4.77. The number of benzene rings is 2. The molecule has 5 heteroatoms. The van der Waals surface area contributed by atoms with E-state index in [1.807, 2.05) is 36.4 Å². The van der Waals surface area contributed by atoms with Gasteiger partial charge in [-0.2, -0.15) is 0 Å². The van der Waals surface area contributed by atoms with Crippen LogP contribution in [0.15, 0.2) is 66.7 Å². The maximum Gasteiger partial charge on any atom is 0.306 e. The highest BCUT2D eigenvalue weighted by atomic mass is 16.4. The Morgan fingerprint density at radius 1 is 1.00 bits per heavy atom. The predicted molar refractivity (Wildman–Crippen MR) is 114 cm³/mol. The Morgan fingerprint density at radius 3 is 2.38 bits per heavy atom. The molecule has 1 atom stereocenters. The van der Waals surface area contributed by atoms with E-state index in [9.17, 15) is 9.90 Å². The quantitative estimate of drug-likeness (QED) is 0.516. The number of rotatable bonds is 9. The summed E-state index contributed by atoms with van der Waals surface area (Å²) in [5, 5.41) is 21.5. The average molecular weight is 390 g/mol. The molecule has 1 unspecified atom stereocenters. The molecule has 1 aromatic heterocycles. The fourth-order valence-electron chi connectivity index (χ4n) is 3.21. The van der Waals surface area contributed by atoms with Crippen LogP contribution in [0, 0.1) is 0 Å². The van der Waals surface area contributed by atoms with E-state index in [4.69, 9.17) is 10.1 Å². The number of carboxylic acid groups (broad SMARTS) is 1.